The molecule has 0 aliphatic carbocycles. The molecule has 144 valence electrons. The molecule has 1 aromatic heterocycles. The monoisotopic (exact) mass is 446 g/mol. The smallest absolute Gasteiger partial charge is 0.255 e. The fourth-order valence-corrected chi connectivity index (χ4v) is 4.50. The van der Waals surface area contributed by atoms with Crippen LogP contribution < -0.4 is 4.74 Å². The number of carbonyl (C=O) groups excluding carboxylic acids is 1. The summed E-state index contributed by atoms with van der Waals surface area (Å²) in [5.41, 5.74) is 4.76. The van der Waals surface area contributed by atoms with E-state index in [-0.39, 0.29) is 11.9 Å². The second-order valence-electron chi connectivity index (χ2n) is 7.19. The van der Waals surface area contributed by atoms with E-state index in [1.165, 1.54) is 0 Å². The molecule has 0 fully saturated rings. The Kier molecular flexibility index (Phi) is 4.40. The van der Waals surface area contributed by atoms with Crippen LogP contribution in [0.5, 0.6) is 5.75 Å². The van der Waals surface area contributed by atoms with Gasteiger partial charge in [-0.3, -0.25) is 4.79 Å². The highest BCUT2D eigenvalue weighted by Crippen LogP contribution is 2.40. The van der Waals surface area contributed by atoms with Crippen molar-refractivity contribution in [1.82, 2.24) is 9.88 Å². The minimum atomic E-state index is -0.280. The number of carbonyl (C=O) groups is 1. The summed E-state index contributed by atoms with van der Waals surface area (Å²) in [6.45, 7) is 0.555. The number of nitrogens with one attached hydrogen (secondary N) is 1. The van der Waals surface area contributed by atoms with Crippen LogP contribution in [0, 0.1) is 0 Å². The van der Waals surface area contributed by atoms with E-state index in [0.717, 1.165) is 43.5 Å². The van der Waals surface area contributed by atoms with Gasteiger partial charge in [0.05, 0.1) is 7.11 Å². The maximum absolute atomic E-state index is 13.4. The van der Waals surface area contributed by atoms with Crippen LogP contribution in [0.2, 0.25) is 0 Å². The maximum Gasteiger partial charge on any atom is 0.255 e. The van der Waals surface area contributed by atoms with E-state index >= 15 is 0 Å². The summed E-state index contributed by atoms with van der Waals surface area (Å²) >= 11 is 3.49. The molecule has 0 radical (unpaired) electrons. The van der Waals surface area contributed by atoms with Crippen molar-refractivity contribution in [3.63, 3.8) is 0 Å². The highest BCUT2D eigenvalue weighted by atomic mass is 79.9. The second kappa shape index (κ2) is 7.08. The lowest BCUT2D eigenvalue weighted by Gasteiger charge is -2.28. The number of ether oxygens (including phenoxy) is 1. The third-order valence-electron chi connectivity index (χ3n) is 5.49. The fraction of sp³-hybridized carbons (Fsp3) is 0.125. The molecular formula is C24H19BrN2O2. The van der Waals surface area contributed by atoms with Gasteiger partial charge in [-0.1, -0.05) is 58.4 Å². The first-order chi connectivity index (χ1) is 14.2. The summed E-state index contributed by atoms with van der Waals surface area (Å²) in [6, 6.07) is 23.8. The second-order valence-corrected chi connectivity index (χ2v) is 8.11. The standard InChI is InChI=1S/C24H19BrN2O2/c1-29-22-9-5-3-7-18(22)23(21-12-15-6-2-4-8-20(15)26-21)27-14-16-10-11-17(25)13-19(16)24(27)28/h2-13,23,26H,14H2,1H3. The molecule has 1 amide bonds. The van der Waals surface area contributed by atoms with Gasteiger partial charge in [-0.15, -0.1) is 0 Å². The summed E-state index contributed by atoms with van der Waals surface area (Å²) in [5.74, 6) is 0.789. The lowest BCUT2D eigenvalue weighted by Crippen LogP contribution is -2.30. The average molecular weight is 447 g/mol. The minimum Gasteiger partial charge on any atom is -0.496 e. The summed E-state index contributed by atoms with van der Waals surface area (Å²) in [6.07, 6.45) is 0. The Morgan fingerprint density at radius 1 is 1.03 bits per heavy atom. The Balaban J connectivity index is 1.68. The van der Waals surface area contributed by atoms with Crippen molar-refractivity contribution in [2.75, 3.05) is 7.11 Å². The van der Waals surface area contributed by atoms with Gasteiger partial charge in [-0.05, 0) is 41.3 Å². The predicted molar refractivity (Wildman–Crippen MR) is 117 cm³/mol. The van der Waals surface area contributed by atoms with Crippen molar-refractivity contribution in [3.05, 3.63) is 99.7 Å². The molecular weight excluding hydrogens is 428 g/mol. The van der Waals surface area contributed by atoms with Crippen LogP contribution in [0.3, 0.4) is 0 Å². The molecule has 1 aliphatic rings. The van der Waals surface area contributed by atoms with Crippen LogP contribution in [0.25, 0.3) is 10.9 Å². The molecule has 1 aliphatic heterocycles. The largest absolute Gasteiger partial charge is 0.496 e. The number of methoxy groups -OCH3 is 1. The van der Waals surface area contributed by atoms with E-state index in [1.54, 1.807) is 7.11 Å². The van der Waals surface area contributed by atoms with E-state index in [0.29, 0.717) is 6.54 Å². The third kappa shape index (κ3) is 3.02. The Labute approximate surface area is 177 Å². The van der Waals surface area contributed by atoms with Crippen molar-refractivity contribution >= 4 is 32.7 Å². The number of benzene rings is 3. The number of rotatable bonds is 4. The number of hydrogen-bond donors (Lipinski definition) is 1. The van der Waals surface area contributed by atoms with Crippen molar-refractivity contribution < 1.29 is 9.53 Å². The molecule has 1 unspecified atom stereocenters. The van der Waals surface area contributed by atoms with Crippen molar-refractivity contribution in [2.24, 2.45) is 0 Å². The summed E-state index contributed by atoms with van der Waals surface area (Å²) in [4.78, 5) is 18.8. The molecule has 0 spiro atoms. The molecule has 5 heteroatoms. The van der Waals surface area contributed by atoms with Crippen molar-refractivity contribution in [2.45, 2.75) is 12.6 Å². The SMILES string of the molecule is COc1ccccc1C(c1cc2ccccc2[nH]1)N1Cc2ccc(Br)cc2C1=O. The van der Waals surface area contributed by atoms with E-state index in [4.69, 9.17) is 4.74 Å². The molecule has 29 heavy (non-hydrogen) atoms. The zero-order chi connectivity index (χ0) is 20.0. The topological polar surface area (TPSA) is 45.3 Å². The first-order valence-corrected chi connectivity index (χ1v) is 10.2. The van der Waals surface area contributed by atoms with Crippen LogP contribution in [-0.2, 0) is 6.54 Å². The van der Waals surface area contributed by atoms with E-state index in [1.807, 2.05) is 59.5 Å². The lowest BCUT2D eigenvalue weighted by atomic mass is 10.0. The first kappa shape index (κ1) is 18.0. The molecule has 0 saturated heterocycles. The maximum atomic E-state index is 13.4. The lowest BCUT2D eigenvalue weighted by molar-refractivity contribution is 0.0726. The summed E-state index contributed by atoms with van der Waals surface area (Å²) < 4.78 is 6.56. The summed E-state index contributed by atoms with van der Waals surface area (Å²) in [7, 11) is 1.67. The molecule has 4 aromatic rings. The number of fused-ring (bicyclic) bond motifs is 2. The number of para-hydroxylation sites is 2. The predicted octanol–water partition coefficient (Wildman–Crippen LogP) is 5.68. The van der Waals surface area contributed by atoms with Crippen LogP contribution in [-0.4, -0.2) is 22.9 Å². The number of aromatic nitrogens is 1. The molecule has 0 saturated carbocycles. The highest BCUT2D eigenvalue weighted by molar-refractivity contribution is 9.10. The molecule has 5 rings (SSSR count). The van der Waals surface area contributed by atoms with E-state index < -0.39 is 0 Å². The summed E-state index contributed by atoms with van der Waals surface area (Å²) in [5, 5.41) is 1.12. The first-order valence-electron chi connectivity index (χ1n) is 9.45. The fourth-order valence-electron chi connectivity index (χ4n) is 4.14. The normalized spacial score (nSPS) is 14.3. The van der Waals surface area contributed by atoms with Crippen LogP contribution in [0.4, 0.5) is 0 Å². The number of halogens is 1. The molecule has 4 nitrogen and oxygen atoms in total. The number of nitrogens with zero attached hydrogens (tertiary/aromatic N) is 1. The Morgan fingerprint density at radius 2 is 1.83 bits per heavy atom. The van der Waals surface area contributed by atoms with Crippen molar-refractivity contribution in [1.29, 1.82) is 0 Å². The Morgan fingerprint density at radius 3 is 2.66 bits per heavy atom. The Bertz CT molecular complexity index is 1200. The zero-order valence-corrected chi connectivity index (χ0v) is 17.4. The van der Waals surface area contributed by atoms with Crippen LogP contribution in [0.1, 0.15) is 33.2 Å². The third-order valence-corrected chi connectivity index (χ3v) is 5.99. The van der Waals surface area contributed by atoms with Gasteiger partial charge in [0.15, 0.2) is 0 Å². The Hall–Kier alpha value is -3.05. The number of aromatic amines is 1. The number of H-pyrrole nitrogens is 1. The van der Waals surface area contributed by atoms with Crippen molar-refractivity contribution in [3.8, 4) is 5.75 Å². The van der Waals surface area contributed by atoms with E-state index in [9.17, 15) is 4.79 Å². The van der Waals surface area contributed by atoms with Gasteiger partial charge in [-0.25, -0.2) is 0 Å². The van der Waals surface area contributed by atoms with Gasteiger partial charge >= 0.3 is 0 Å². The molecule has 3 aromatic carbocycles. The minimum absolute atomic E-state index is 0.0239. The molecule has 1 atom stereocenters. The van der Waals surface area contributed by atoms with Gasteiger partial charge in [0.2, 0.25) is 0 Å². The highest BCUT2D eigenvalue weighted by Gasteiger charge is 2.36. The van der Waals surface area contributed by atoms with Crippen LogP contribution in [0.15, 0.2) is 77.3 Å². The zero-order valence-electron chi connectivity index (χ0n) is 15.9. The van der Waals surface area contributed by atoms with Gasteiger partial charge in [-0.2, -0.15) is 0 Å². The van der Waals surface area contributed by atoms with Gasteiger partial charge in [0.25, 0.3) is 5.91 Å². The molecule has 1 N–H and O–H groups in total. The van der Waals surface area contributed by atoms with Gasteiger partial charge < -0.3 is 14.6 Å². The number of amides is 1. The van der Waals surface area contributed by atoms with E-state index in [2.05, 4.69) is 39.1 Å². The average Bonchev–Trinajstić information content (AvgIpc) is 3.30. The quantitative estimate of drug-likeness (QED) is 0.437. The van der Waals surface area contributed by atoms with Gasteiger partial charge in [0, 0.05) is 33.4 Å². The van der Waals surface area contributed by atoms with Crippen LogP contribution >= 0.6 is 15.9 Å². The van der Waals surface area contributed by atoms with Gasteiger partial charge in [0.1, 0.15) is 11.8 Å². The molecule has 2 heterocycles. The molecule has 0 bridgehead atoms. The number of hydrogen-bond acceptors (Lipinski definition) is 2.